The van der Waals surface area contributed by atoms with E-state index < -0.39 is 11.6 Å². The van der Waals surface area contributed by atoms with E-state index in [1.54, 1.807) is 0 Å². The molecule has 5 nitrogen and oxygen atoms in total. The fourth-order valence-corrected chi connectivity index (χ4v) is 2.02. The first-order valence-corrected chi connectivity index (χ1v) is 7.50. The molecule has 0 saturated heterocycles. The number of halogens is 2. The van der Waals surface area contributed by atoms with Crippen LogP contribution in [0.5, 0.6) is 0 Å². The van der Waals surface area contributed by atoms with Gasteiger partial charge >= 0.3 is 0 Å². The molecule has 7 heteroatoms. The van der Waals surface area contributed by atoms with Crippen molar-refractivity contribution in [2.45, 2.75) is 26.3 Å². The molecular weight excluding hydrogens is 302 g/mol. The van der Waals surface area contributed by atoms with Crippen LogP contribution in [-0.4, -0.2) is 34.8 Å². The highest BCUT2D eigenvalue weighted by molar-refractivity contribution is 5.92. The Hall–Kier alpha value is -2.28. The Labute approximate surface area is 133 Å². The van der Waals surface area contributed by atoms with Gasteiger partial charge in [-0.05, 0) is 31.2 Å². The van der Waals surface area contributed by atoms with Crippen LogP contribution in [0.1, 0.15) is 30.8 Å². The number of carbonyl (C=O) groups excluding carboxylic acids is 1. The molecule has 0 aliphatic carbocycles. The number of amides is 1. The molecule has 0 unspecified atom stereocenters. The lowest BCUT2D eigenvalue weighted by Gasteiger charge is -2.08. The summed E-state index contributed by atoms with van der Waals surface area (Å²) < 4.78 is 27.8. The summed E-state index contributed by atoms with van der Waals surface area (Å²) in [4.78, 5) is 12.0. The molecule has 23 heavy (non-hydrogen) atoms. The third kappa shape index (κ3) is 4.85. The van der Waals surface area contributed by atoms with Crippen LogP contribution in [0.15, 0.2) is 30.5 Å². The van der Waals surface area contributed by atoms with E-state index >= 15 is 0 Å². The molecule has 0 saturated carbocycles. The number of benzene rings is 1. The molecule has 124 valence electrons. The number of hydrogen-bond donors (Lipinski definition) is 2. The van der Waals surface area contributed by atoms with Gasteiger partial charge in [0.15, 0.2) is 11.5 Å². The third-order valence-electron chi connectivity index (χ3n) is 3.17. The molecule has 0 aliphatic rings. The monoisotopic (exact) mass is 322 g/mol. The molecule has 0 aliphatic heterocycles. The summed E-state index contributed by atoms with van der Waals surface area (Å²) in [5, 5.41) is 10.0. The highest BCUT2D eigenvalue weighted by Crippen LogP contribution is 2.14. The van der Waals surface area contributed by atoms with Crippen LogP contribution in [0.2, 0.25) is 0 Å². The fraction of sp³-hybridized carbons (Fsp3) is 0.375. The second-order valence-corrected chi connectivity index (χ2v) is 5.46. The molecule has 1 aromatic carbocycles. The lowest BCUT2D eigenvalue weighted by atomic mass is 10.3. The molecule has 0 radical (unpaired) electrons. The second-order valence-electron chi connectivity index (χ2n) is 5.46. The molecule has 0 atom stereocenters. The number of nitrogens with zero attached hydrogens (tertiary/aromatic N) is 2. The maximum atomic E-state index is 13.7. The number of rotatable bonds is 7. The van der Waals surface area contributed by atoms with E-state index in [0.717, 1.165) is 25.1 Å². The summed E-state index contributed by atoms with van der Waals surface area (Å²) in [6, 6.07) is 5.09. The van der Waals surface area contributed by atoms with Gasteiger partial charge in [-0.15, -0.1) is 0 Å². The first-order valence-electron chi connectivity index (χ1n) is 7.50. The number of nitrogens with one attached hydrogen (secondary N) is 2. The highest BCUT2D eigenvalue weighted by atomic mass is 19.1. The zero-order chi connectivity index (χ0) is 16.8. The minimum Gasteiger partial charge on any atom is -0.351 e. The molecule has 1 aromatic heterocycles. The van der Waals surface area contributed by atoms with Crippen molar-refractivity contribution in [2.24, 2.45) is 0 Å². The van der Waals surface area contributed by atoms with E-state index in [1.807, 2.05) is 0 Å². The van der Waals surface area contributed by atoms with E-state index in [-0.39, 0.29) is 17.3 Å². The molecule has 2 aromatic rings. The van der Waals surface area contributed by atoms with Crippen molar-refractivity contribution in [2.75, 3.05) is 13.1 Å². The molecule has 0 fully saturated rings. The predicted octanol–water partition coefficient (Wildman–Crippen LogP) is 2.27. The number of hydrogen-bond acceptors (Lipinski definition) is 3. The SMILES string of the molecule is CC(C)NCCCNC(=O)c1ccn(-c2ccc(F)cc2F)n1. The van der Waals surface area contributed by atoms with Crippen LogP contribution in [0, 0.1) is 11.6 Å². The molecule has 0 spiro atoms. The van der Waals surface area contributed by atoms with Gasteiger partial charge in [-0.3, -0.25) is 4.79 Å². The van der Waals surface area contributed by atoms with Gasteiger partial charge in [-0.2, -0.15) is 5.10 Å². The van der Waals surface area contributed by atoms with Gasteiger partial charge in [0, 0.05) is 24.8 Å². The van der Waals surface area contributed by atoms with E-state index in [4.69, 9.17) is 0 Å². The zero-order valence-corrected chi connectivity index (χ0v) is 13.1. The maximum Gasteiger partial charge on any atom is 0.271 e. The Balaban J connectivity index is 1.92. The summed E-state index contributed by atoms with van der Waals surface area (Å²) in [6.07, 6.45) is 2.27. The highest BCUT2D eigenvalue weighted by Gasteiger charge is 2.12. The van der Waals surface area contributed by atoms with Gasteiger partial charge in [-0.25, -0.2) is 13.5 Å². The maximum absolute atomic E-state index is 13.7. The summed E-state index contributed by atoms with van der Waals surface area (Å²) >= 11 is 0. The van der Waals surface area contributed by atoms with Crippen molar-refractivity contribution in [3.8, 4) is 5.69 Å². The van der Waals surface area contributed by atoms with Crippen LogP contribution in [0.3, 0.4) is 0 Å². The molecule has 1 amide bonds. The first-order chi connectivity index (χ1) is 11.0. The standard InChI is InChI=1S/C16H20F2N4O/c1-11(2)19-7-3-8-20-16(23)14-6-9-22(21-14)15-5-4-12(17)10-13(15)18/h4-6,9-11,19H,3,7-8H2,1-2H3,(H,20,23). The average molecular weight is 322 g/mol. The van der Waals surface area contributed by atoms with Crippen molar-refractivity contribution in [1.82, 2.24) is 20.4 Å². The third-order valence-corrected chi connectivity index (χ3v) is 3.17. The van der Waals surface area contributed by atoms with Crippen molar-refractivity contribution in [1.29, 1.82) is 0 Å². The lowest BCUT2D eigenvalue weighted by molar-refractivity contribution is 0.0948. The number of aromatic nitrogens is 2. The average Bonchev–Trinajstić information content (AvgIpc) is 2.96. The van der Waals surface area contributed by atoms with Gasteiger partial charge in [0.2, 0.25) is 0 Å². The summed E-state index contributed by atoms with van der Waals surface area (Å²) in [5.41, 5.74) is 0.275. The van der Waals surface area contributed by atoms with Crippen molar-refractivity contribution < 1.29 is 13.6 Å². The Morgan fingerprint density at radius 3 is 2.74 bits per heavy atom. The summed E-state index contributed by atoms with van der Waals surface area (Å²) in [7, 11) is 0. The predicted molar refractivity (Wildman–Crippen MR) is 83.6 cm³/mol. The van der Waals surface area contributed by atoms with Crippen LogP contribution >= 0.6 is 0 Å². The van der Waals surface area contributed by atoms with E-state index in [9.17, 15) is 13.6 Å². The van der Waals surface area contributed by atoms with Gasteiger partial charge in [0.25, 0.3) is 5.91 Å². The fourth-order valence-electron chi connectivity index (χ4n) is 2.02. The van der Waals surface area contributed by atoms with Crippen LogP contribution in [0.25, 0.3) is 5.69 Å². The Morgan fingerprint density at radius 2 is 2.04 bits per heavy atom. The van der Waals surface area contributed by atoms with Crippen molar-refractivity contribution in [3.05, 3.63) is 47.8 Å². The Morgan fingerprint density at radius 1 is 1.26 bits per heavy atom. The number of carbonyl (C=O) groups is 1. The minimum absolute atomic E-state index is 0.0894. The Kier molecular flexibility index (Phi) is 5.81. The van der Waals surface area contributed by atoms with Gasteiger partial charge in [-0.1, -0.05) is 13.8 Å². The van der Waals surface area contributed by atoms with Crippen molar-refractivity contribution >= 4 is 5.91 Å². The van der Waals surface area contributed by atoms with Crippen molar-refractivity contribution in [3.63, 3.8) is 0 Å². The lowest BCUT2D eigenvalue weighted by Crippen LogP contribution is -2.30. The molecule has 1 heterocycles. The van der Waals surface area contributed by atoms with E-state index in [2.05, 4.69) is 29.6 Å². The van der Waals surface area contributed by atoms with E-state index in [0.29, 0.717) is 12.6 Å². The minimum atomic E-state index is -0.736. The van der Waals surface area contributed by atoms with Crippen LogP contribution in [0.4, 0.5) is 8.78 Å². The smallest absolute Gasteiger partial charge is 0.271 e. The van der Waals surface area contributed by atoms with Gasteiger partial charge in [0.1, 0.15) is 11.5 Å². The molecular formula is C16H20F2N4O. The second kappa shape index (κ2) is 7.82. The molecule has 2 rings (SSSR count). The normalized spacial score (nSPS) is 11.0. The zero-order valence-electron chi connectivity index (χ0n) is 13.1. The van der Waals surface area contributed by atoms with Crippen LogP contribution < -0.4 is 10.6 Å². The van der Waals surface area contributed by atoms with Gasteiger partial charge in [0.05, 0.1) is 0 Å². The van der Waals surface area contributed by atoms with E-state index in [1.165, 1.54) is 23.0 Å². The first kappa shape index (κ1) is 17.1. The molecule has 0 bridgehead atoms. The Bertz CT molecular complexity index is 670. The van der Waals surface area contributed by atoms with Crippen LogP contribution in [-0.2, 0) is 0 Å². The topological polar surface area (TPSA) is 58.9 Å². The largest absolute Gasteiger partial charge is 0.351 e. The van der Waals surface area contributed by atoms with Gasteiger partial charge < -0.3 is 10.6 Å². The summed E-state index contributed by atoms with van der Waals surface area (Å²) in [6.45, 7) is 5.45. The molecule has 2 N–H and O–H groups in total. The quantitative estimate of drug-likeness (QED) is 0.769. The summed E-state index contributed by atoms with van der Waals surface area (Å²) in [5.74, 6) is -1.72.